The number of aryl methyl sites for hydroxylation is 6. The molecule has 0 atom stereocenters. The van der Waals surface area contributed by atoms with E-state index < -0.39 is 23.1 Å². The van der Waals surface area contributed by atoms with Crippen LogP contribution in [0.1, 0.15) is 33.4 Å². The van der Waals surface area contributed by atoms with Crippen LogP contribution >= 0.6 is 0 Å². The van der Waals surface area contributed by atoms with Crippen LogP contribution in [0.5, 0.6) is 17.2 Å². The maximum atomic E-state index is 6.30. The maximum absolute atomic E-state index is 6.30. The van der Waals surface area contributed by atoms with E-state index in [1.54, 1.807) is 0 Å². The van der Waals surface area contributed by atoms with Crippen molar-refractivity contribution < 1.29 is 8.44 Å². The van der Waals surface area contributed by atoms with Gasteiger partial charge in [-0.1, -0.05) is 0 Å². The van der Waals surface area contributed by atoms with E-state index >= 15 is 0 Å². The van der Waals surface area contributed by atoms with Crippen molar-refractivity contribution >= 4 is 23.1 Å². The Labute approximate surface area is 177 Å². The Morgan fingerprint density at radius 1 is 0.393 bits per heavy atom. The summed E-state index contributed by atoms with van der Waals surface area (Å²) in [6, 6.07) is 18.6. The first-order chi connectivity index (χ1) is 13.3. The molecule has 4 heteroatoms. The van der Waals surface area contributed by atoms with Crippen LogP contribution < -0.4 is 8.44 Å². The molecule has 0 fully saturated rings. The average molecular weight is 572 g/mol. The fourth-order valence-corrected chi connectivity index (χ4v) is 6.94. The van der Waals surface area contributed by atoms with Crippen molar-refractivity contribution in [1.29, 1.82) is 0 Å². The topological polar surface area (TPSA) is 27.7 Å². The molecule has 0 radical (unpaired) electrons. The fraction of sp³-hybridized carbons (Fsp3) is 0.250. The van der Waals surface area contributed by atoms with Crippen molar-refractivity contribution in [3.8, 4) is 17.2 Å². The number of hydrogen-bond donors (Lipinski definition) is 0. The molecule has 0 saturated heterocycles. The molecule has 3 nitrogen and oxygen atoms in total. The quantitative estimate of drug-likeness (QED) is 0.337. The number of rotatable bonds is 6. The second-order valence-electron chi connectivity index (χ2n) is 7.47. The van der Waals surface area contributed by atoms with Gasteiger partial charge in [-0.3, -0.25) is 0 Å². The summed E-state index contributed by atoms with van der Waals surface area (Å²) in [7, 11) is 0. The summed E-state index contributed by atoms with van der Waals surface area (Å²) in [5.74, 6) is 2.43. The monoisotopic (exact) mass is 572 g/mol. The Morgan fingerprint density at radius 2 is 0.607 bits per heavy atom. The molecule has 0 aliphatic carbocycles. The van der Waals surface area contributed by atoms with Crippen LogP contribution in [0, 0.1) is 41.5 Å². The van der Waals surface area contributed by atoms with Crippen LogP contribution in [0.2, 0.25) is 0 Å². The first-order valence-electron chi connectivity index (χ1n) is 9.36. The van der Waals surface area contributed by atoms with Crippen molar-refractivity contribution in [1.82, 2.24) is 0 Å². The van der Waals surface area contributed by atoms with Crippen LogP contribution in [-0.2, 0) is 0 Å². The Kier molecular flexibility index (Phi) is 6.62. The van der Waals surface area contributed by atoms with Gasteiger partial charge >= 0.3 is 178 Å². The third kappa shape index (κ3) is 5.97. The summed E-state index contributed by atoms with van der Waals surface area (Å²) in [4.78, 5) is 0. The molecule has 146 valence electrons. The van der Waals surface area contributed by atoms with Crippen LogP contribution in [0.15, 0.2) is 54.6 Å². The van der Waals surface area contributed by atoms with E-state index in [2.05, 4.69) is 59.7 Å². The van der Waals surface area contributed by atoms with Gasteiger partial charge in [-0.15, -0.1) is 0 Å². The fourth-order valence-electron chi connectivity index (χ4n) is 3.27. The second kappa shape index (κ2) is 8.96. The Morgan fingerprint density at radius 3 is 0.821 bits per heavy atom. The first kappa shape index (κ1) is 20.7. The molecule has 0 aromatic heterocycles. The predicted octanol–water partition coefficient (Wildman–Crippen LogP) is 6.06. The van der Waals surface area contributed by atoms with Crippen LogP contribution in [0.4, 0.5) is 0 Å². The zero-order valence-electron chi connectivity index (χ0n) is 17.4. The predicted molar refractivity (Wildman–Crippen MR) is 115 cm³/mol. The van der Waals surface area contributed by atoms with E-state index in [1.807, 2.05) is 36.4 Å². The second-order valence-corrected chi connectivity index (χ2v) is 11.3. The van der Waals surface area contributed by atoms with Crippen LogP contribution in [0.3, 0.4) is 0 Å². The number of hydrogen-bond acceptors (Lipinski definition) is 3. The molecule has 0 N–H and O–H groups in total. The summed E-state index contributed by atoms with van der Waals surface area (Å²) in [5, 5.41) is 0. The molecule has 0 aliphatic heterocycles. The molecule has 0 saturated carbocycles. The molecule has 3 aromatic rings. The van der Waals surface area contributed by atoms with E-state index in [1.165, 1.54) is 0 Å². The molecule has 0 unspecified atom stereocenters. The van der Waals surface area contributed by atoms with E-state index in [9.17, 15) is 0 Å². The zero-order valence-corrected chi connectivity index (χ0v) is 20.8. The Balaban J connectivity index is 1.89. The molecular weight excluding hydrogens is 545 g/mol. The Hall–Kier alpha value is -2.06. The summed E-state index contributed by atoms with van der Waals surface area (Å²) in [6.07, 6.45) is 0. The van der Waals surface area contributed by atoms with Gasteiger partial charge in [0.15, 0.2) is 0 Å². The van der Waals surface area contributed by atoms with E-state index in [4.69, 9.17) is 8.44 Å². The molecule has 28 heavy (non-hydrogen) atoms. The first-order valence-corrected chi connectivity index (χ1v) is 13.6. The van der Waals surface area contributed by atoms with Crippen molar-refractivity contribution in [3.63, 3.8) is 0 Å². The number of benzene rings is 3. The molecule has 0 aliphatic rings. The molecule has 0 bridgehead atoms. The van der Waals surface area contributed by atoms with Crippen LogP contribution in [0.25, 0.3) is 0 Å². The van der Waals surface area contributed by atoms with Gasteiger partial charge in [0.2, 0.25) is 0 Å². The third-order valence-corrected chi connectivity index (χ3v) is 8.32. The SMILES string of the molecule is Cc1cc(C)cc([O][Bi]([O]c2cc(C)cc(C)c2)[O]c2cc(C)cc(C)c2)c1. The van der Waals surface area contributed by atoms with Crippen LogP contribution in [-0.4, -0.2) is 23.1 Å². The standard InChI is InChI=1S/3C8H10O.Bi/c3*1-6-3-7(2)5-8(9)4-6;/h3*3-5,9H,1-2H3;/q;;;+3/p-3. The van der Waals surface area contributed by atoms with Crippen molar-refractivity contribution in [3.05, 3.63) is 88.0 Å². The zero-order chi connectivity index (χ0) is 20.3. The summed E-state index contributed by atoms with van der Waals surface area (Å²) in [5.41, 5.74) is 6.98. The van der Waals surface area contributed by atoms with Gasteiger partial charge in [0.05, 0.1) is 0 Å². The van der Waals surface area contributed by atoms with Crippen molar-refractivity contribution in [2.24, 2.45) is 0 Å². The molecule has 3 rings (SSSR count). The molecular formula is C24H27BiO3. The van der Waals surface area contributed by atoms with Crippen molar-refractivity contribution in [2.75, 3.05) is 0 Å². The molecule has 3 aromatic carbocycles. The average Bonchev–Trinajstić information content (AvgIpc) is 2.51. The Bertz CT molecular complexity index is 794. The van der Waals surface area contributed by atoms with Gasteiger partial charge in [0.25, 0.3) is 0 Å². The minimum absolute atomic E-state index is 0.809. The third-order valence-electron chi connectivity index (χ3n) is 4.13. The van der Waals surface area contributed by atoms with E-state index in [-0.39, 0.29) is 0 Å². The van der Waals surface area contributed by atoms with Crippen molar-refractivity contribution in [2.45, 2.75) is 41.5 Å². The summed E-state index contributed by atoms with van der Waals surface area (Å²) >= 11 is -3.30. The molecule has 0 amide bonds. The van der Waals surface area contributed by atoms with E-state index in [0.29, 0.717) is 0 Å². The van der Waals surface area contributed by atoms with E-state index in [0.717, 1.165) is 50.6 Å². The minimum atomic E-state index is -3.30. The summed E-state index contributed by atoms with van der Waals surface area (Å²) in [6.45, 7) is 12.4. The van der Waals surface area contributed by atoms with Gasteiger partial charge < -0.3 is 0 Å². The molecule has 0 heterocycles. The van der Waals surface area contributed by atoms with Gasteiger partial charge in [-0.2, -0.15) is 0 Å². The van der Waals surface area contributed by atoms with Gasteiger partial charge in [-0.05, 0) is 0 Å². The normalized spacial score (nSPS) is 10.8. The van der Waals surface area contributed by atoms with Gasteiger partial charge in [0.1, 0.15) is 0 Å². The van der Waals surface area contributed by atoms with Gasteiger partial charge in [-0.25, -0.2) is 0 Å². The summed E-state index contributed by atoms with van der Waals surface area (Å²) < 4.78 is 18.9. The molecule has 0 spiro atoms. The van der Waals surface area contributed by atoms with Gasteiger partial charge in [0, 0.05) is 0 Å².